The van der Waals surface area contributed by atoms with Gasteiger partial charge >= 0.3 is 5.97 Å². The van der Waals surface area contributed by atoms with Gasteiger partial charge in [-0.1, -0.05) is 28.1 Å². The quantitative estimate of drug-likeness (QED) is 0.427. The number of ketones is 1. The number of halogens is 1. The molecule has 0 unspecified atom stereocenters. The van der Waals surface area contributed by atoms with Crippen molar-refractivity contribution in [1.82, 2.24) is 4.31 Å². The van der Waals surface area contributed by atoms with E-state index in [4.69, 9.17) is 14.2 Å². The molecule has 1 aliphatic heterocycles. The van der Waals surface area contributed by atoms with Crippen LogP contribution in [0.5, 0.6) is 5.75 Å². The first-order valence-corrected chi connectivity index (χ1v) is 11.3. The molecule has 0 aliphatic carbocycles. The Kier molecular flexibility index (Phi) is 7.24. The zero-order chi connectivity index (χ0) is 21.7. The van der Waals surface area contributed by atoms with Crippen LogP contribution in [0.3, 0.4) is 0 Å². The van der Waals surface area contributed by atoms with E-state index >= 15 is 0 Å². The van der Waals surface area contributed by atoms with Crippen molar-refractivity contribution in [2.24, 2.45) is 0 Å². The molecule has 1 aliphatic rings. The fourth-order valence-electron chi connectivity index (χ4n) is 2.86. The van der Waals surface area contributed by atoms with Gasteiger partial charge in [0.1, 0.15) is 10.6 Å². The fourth-order valence-corrected chi connectivity index (χ4v) is 4.72. The second kappa shape index (κ2) is 9.69. The van der Waals surface area contributed by atoms with Gasteiger partial charge < -0.3 is 14.2 Å². The van der Waals surface area contributed by atoms with Gasteiger partial charge in [0, 0.05) is 23.1 Å². The van der Waals surface area contributed by atoms with Gasteiger partial charge in [-0.05, 0) is 30.3 Å². The Bertz CT molecular complexity index is 1030. The van der Waals surface area contributed by atoms with E-state index in [-0.39, 0.29) is 35.1 Å². The van der Waals surface area contributed by atoms with E-state index in [1.54, 1.807) is 24.3 Å². The minimum Gasteiger partial charge on any atom is -0.495 e. The fraction of sp³-hybridized carbons (Fsp3) is 0.300. The average Bonchev–Trinajstić information content (AvgIpc) is 2.77. The molecule has 160 valence electrons. The van der Waals surface area contributed by atoms with E-state index < -0.39 is 22.6 Å². The molecular formula is C20H20BrNO7S. The van der Waals surface area contributed by atoms with Crippen molar-refractivity contribution in [3.05, 3.63) is 58.1 Å². The predicted molar refractivity (Wildman–Crippen MR) is 111 cm³/mol. The Morgan fingerprint density at radius 1 is 1.07 bits per heavy atom. The molecule has 2 aromatic rings. The number of sulfonamides is 1. The molecule has 0 spiro atoms. The third-order valence-electron chi connectivity index (χ3n) is 4.49. The number of ether oxygens (including phenoxy) is 3. The molecule has 3 rings (SSSR count). The molecule has 10 heteroatoms. The van der Waals surface area contributed by atoms with Gasteiger partial charge in [-0.15, -0.1) is 0 Å². The van der Waals surface area contributed by atoms with Crippen LogP contribution in [0.25, 0.3) is 0 Å². The summed E-state index contributed by atoms with van der Waals surface area (Å²) in [6, 6.07) is 10.6. The SMILES string of the molecule is COc1ccc(C(=O)OCC(=O)c2ccc(Br)cc2)cc1S(=O)(=O)N1CCOCC1. The molecule has 2 aromatic carbocycles. The van der Waals surface area contributed by atoms with Crippen LogP contribution in [0.2, 0.25) is 0 Å². The Balaban J connectivity index is 1.77. The summed E-state index contributed by atoms with van der Waals surface area (Å²) in [6.45, 7) is 0.546. The lowest BCUT2D eigenvalue weighted by Crippen LogP contribution is -2.40. The van der Waals surface area contributed by atoms with Crippen molar-refractivity contribution < 1.29 is 32.2 Å². The van der Waals surface area contributed by atoms with E-state index in [0.29, 0.717) is 18.8 Å². The van der Waals surface area contributed by atoms with E-state index in [9.17, 15) is 18.0 Å². The second-order valence-electron chi connectivity index (χ2n) is 6.39. The summed E-state index contributed by atoms with van der Waals surface area (Å²) in [5, 5.41) is 0. The van der Waals surface area contributed by atoms with E-state index in [2.05, 4.69) is 15.9 Å². The van der Waals surface area contributed by atoms with Crippen molar-refractivity contribution >= 4 is 37.7 Å². The van der Waals surface area contributed by atoms with Crippen molar-refractivity contribution in [3.8, 4) is 5.75 Å². The largest absolute Gasteiger partial charge is 0.495 e. The van der Waals surface area contributed by atoms with Crippen molar-refractivity contribution in [1.29, 1.82) is 0 Å². The van der Waals surface area contributed by atoms with Crippen molar-refractivity contribution in [2.75, 3.05) is 40.0 Å². The lowest BCUT2D eigenvalue weighted by atomic mass is 10.1. The van der Waals surface area contributed by atoms with Crippen molar-refractivity contribution in [3.63, 3.8) is 0 Å². The number of methoxy groups -OCH3 is 1. The molecule has 0 bridgehead atoms. The summed E-state index contributed by atoms with van der Waals surface area (Å²) >= 11 is 3.28. The maximum atomic E-state index is 13.0. The van der Waals surface area contributed by atoms with Crippen molar-refractivity contribution in [2.45, 2.75) is 4.90 Å². The van der Waals surface area contributed by atoms with Crippen LogP contribution in [0, 0.1) is 0 Å². The van der Waals surface area contributed by atoms with Gasteiger partial charge in [-0.25, -0.2) is 13.2 Å². The van der Waals surface area contributed by atoms with Crippen LogP contribution < -0.4 is 4.74 Å². The Labute approximate surface area is 182 Å². The number of hydrogen-bond donors (Lipinski definition) is 0. The molecule has 30 heavy (non-hydrogen) atoms. The molecule has 0 N–H and O–H groups in total. The number of nitrogens with zero attached hydrogens (tertiary/aromatic N) is 1. The molecule has 1 heterocycles. The third-order valence-corrected chi connectivity index (χ3v) is 6.94. The Morgan fingerprint density at radius 3 is 2.33 bits per heavy atom. The van der Waals surface area contributed by atoms with Crippen LogP contribution in [0.4, 0.5) is 0 Å². The lowest BCUT2D eigenvalue weighted by molar-refractivity contribution is 0.0474. The molecular weight excluding hydrogens is 478 g/mol. The number of carbonyl (C=O) groups excluding carboxylic acids is 2. The first kappa shape index (κ1) is 22.4. The summed E-state index contributed by atoms with van der Waals surface area (Å²) in [4.78, 5) is 24.5. The van der Waals surface area contributed by atoms with Gasteiger partial charge in [0.2, 0.25) is 10.0 Å². The normalized spacial score (nSPS) is 14.9. The third kappa shape index (κ3) is 5.07. The van der Waals surface area contributed by atoms with Gasteiger partial charge in [0.05, 0.1) is 25.9 Å². The summed E-state index contributed by atoms with van der Waals surface area (Å²) < 4.78 is 43.6. The molecule has 1 fully saturated rings. The standard InChI is InChI=1S/C20H20BrNO7S/c1-27-18-7-4-15(12-19(18)30(25,26)22-8-10-28-11-9-22)20(24)29-13-17(23)14-2-5-16(21)6-3-14/h2-7,12H,8-11,13H2,1H3. The lowest BCUT2D eigenvalue weighted by Gasteiger charge is -2.26. The minimum atomic E-state index is -3.89. The smallest absolute Gasteiger partial charge is 0.338 e. The van der Waals surface area contributed by atoms with Crippen LogP contribution in [-0.4, -0.2) is 64.5 Å². The monoisotopic (exact) mass is 497 g/mol. The second-order valence-corrected chi connectivity index (χ2v) is 9.21. The summed E-state index contributed by atoms with van der Waals surface area (Å²) in [7, 11) is -2.54. The molecule has 1 saturated heterocycles. The summed E-state index contributed by atoms with van der Waals surface area (Å²) in [5.74, 6) is -1.06. The van der Waals surface area contributed by atoms with E-state index in [1.807, 2.05) is 0 Å². The maximum Gasteiger partial charge on any atom is 0.338 e. The van der Waals surface area contributed by atoms with Gasteiger partial charge in [0.25, 0.3) is 0 Å². The average molecular weight is 498 g/mol. The van der Waals surface area contributed by atoms with Gasteiger partial charge in [-0.3, -0.25) is 4.79 Å². The number of benzene rings is 2. The number of Topliss-reactive ketones (excluding diaryl/α,β-unsaturated/α-hetero) is 1. The van der Waals surface area contributed by atoms with Crippen LogP contribution in [0.15, 0.2) is 51.8 Å². The highest BCUT2D eigenvalue weighted by molar-refractivity contribution is 9.10. The zero-order valence-electron chi connectivity index (χ0n) is 16.2. The Morgan fingerprint density at radius 2 is 1.70 bits per heavy atom. The number of hydrogen-bond acceptors (Lipinski definition) is 7. The van der Waals surface area contributed by atoms with Gasteiger partial charge in [0.15, 0.2) is 12.4 Å². The van der Waals surface area contributed by atoms with Crippen LogP contribution in [0.1, 0.15) is 20.7 Å². The van der Waals surface area contributed by atoms with Crippen LogP contribution >= 0.6 is 15.9 Å². The molecule has 8 nitrogen and oxygen atoms in total. The van der Waals surface area contributed by atoms with Crippen LogP contribution in [-0.2, 0) is 19.5 Å². The minimum absolute atomic E-state index is 0.00578. The summed E-state index contributed by atoms with van der Waals surface area (Å²) in [6.07, 6.45) is 0. The molecule has 0 aromatic heterocycles. The van der Waals surface area contributed by atoms with E-state index in [1.165, 1.54) is 29.6 Å². The number of rotatable bonds is 7. The Hall–Kier alpha value is -2.27. The number of carbonyl (C=O) groups is 2. The molecule has 0 saturated carbocycles. The topological polar surface area (TPSA) is 99.2 Å². The molecule has 0 amide bonds. The number of esters is 1. The highest BCUT2D eigenvalue weighted by Crippen LogP contribution is 2.28. The molecule has 0 radical (unpaired) electrons. The number of morpholine rings is 1. The molecule has 0 atom stereocenters. The first-order chi connectivity index (χ1) is 14.3. The highest BCUT2D eigenvalue weighted by atomic mass is 79.9. The van der Waals surface area contributed by atoms with E-state index in [0.717, 1.165) is 4.47 Å². The zero-order valence-corrected chi connectivity index (χ0v) is 18.6. The maximum absolute atomic E-state index is 13.0. The summed E-state index contributed by atoms with van der Waals surface area (Å²) in [5.41, 5.74) is 0.405. The predicted octanol–water partition coefficient (Wildman–Crippen LogP) is 2.52. The first-order valence-electron chi connectivity index (χ1n) is 9.05. The highest BCUT2D eigenvalue weighted by Gasteiger charge is 2.30. The van der Waals surface area contributed by atoms with Gasteiger partial charge in [-0.2, -0.15) is 4.31 Å².